The van der Waals surface area contributed by atoms with Crippen molar-refractivity contribution in [1.29, 1.82) is 0 Å². The Morgan fingerprint density at radius 2 is 1.61 bits per heavy atom. The molecule has 0 saturated heterocycles. The first-order chi connectivity index (χ1) is 11.8. The standard InChI is InChI=1S/C17H9F3O4S.Eu.2H2O/c18-17(19,20)15(22)12-13(21)10-7-4-8-11(14(10)24-16(12)23)25-9-5-2-1-3-6-9;;;/h1-8,21H;;2*1H2. The van der Waals surface area contributed by atoms with E-state index in [0.717, 1.165) is 4.90 Å². The second-order valence-corrected chi connectivity index (χ2v) is 6.10. The summed E-state index contributed by atoms with van der Waals surface area (Å²) in [7, 11) is 0. The molecule has 0 bridgehead atoms. The molecule has 1 heterocycles. The van der Waals surface area contributed by atoms with Gasteiger partial charge in [-0.1, -0.05) is 36.0 Å². The van der Waals surface area contributed by atoms with Gasteiger partial charge in [0.15, 0.2) is 11.1 Å². The molecule has 0 amide bonds. The van der Waals surface area contributed by atoms with E-state index < -0.39 is 28.9 Å². The van der Waals surface area contributed by atoms with Gasteiger partial charge in [0.1, 0.15) is 5.75 Å². The van der Waals surface area contributed by atoms with Gasteiger partial charge in [-0.15, -0.1) is 0 Å². The molecule has 0 atom stereocenters. The quantitative estimate of drug-likeness (QED) is 0.393. The molecule has 28 heavy (non-hydrogen) atoms. The van der Waals surface area contributed by atoms with E-state index in [1.165, 1.54) is 23.9 Å². The first kappa shape index (κ1) is 26.8. The van der Waals surface area contributed by atoms with Crippen molar-refractivity contribution in [3.8, 4) is 5.75 Å². The van der Waals surface area contributed by atoms with Crippen molar-refractivity contribution >= 4 is 28.5 Å². The van der Waals surface area contributed by atoms with Gasteiger partial charge in [0.2, 0.25) is 0 Å². The molecule has 1 aromatic heterocycles. The number of ketones is 1. The smallest absolute Gasteiger partial charge is 0.455 e. The van der Waals surface area contributed by atoms with Crippen molar-refractivity contribution in [2.45, 2.75) is 16.0 Å². The molecule has 0 fully saturated rings. The largest absolute Gasteiger partial charge is 0.506 e. The van der Waals surface area contributed by atoms with Gasteiger partial charge in [0.25, 0.3) is 5.78 Å². The van der Waals surface area contributed by atoms with Crippen LogP contribution in [0.1, 0.15) is 10.4 Å². The Balaban J connectivity index is 0.00000243. The molecule has 3 aromatic rings. The summed E-state index contributed by atoms with van der Waals surface area (Å²) in [6.07, 6.45) is -5.30. The molecule has 5 N–H and O–H groups in total. The molecule has 0 aliphatic rings. The molecule has 11 heteroatoms. The van der Waals surface area contributed by atoms with Crippen LogP contribution in [0.3, 0.4) is 0 Å². The predicted molar refractivity (Wildman–Crippen MR) is 92.3 cm³/mol. The van der Waals surface area contributed by atoms with E-state index in [1.807, 2.05) is 6.07 Å². The summed E-state index contributed by atoms with van der Waals surface area (Å²) >= 11 is 1.20. The Hall–Kier alpha value is -1.24. The van der Waals surface area contributed by atoms with Crippen LogP contribution in [0.4, 0.5) is 13.2 Å². The van der Waals surface area contributed by atoms with E-state index in [4.69, 9.17) is 4.42 Å². The number of rotatable bonds is 3. The molecular weight excluding hydrogens is 541 g/mol. The number of alkyl halides is 3. The Morgan fingerprint density at radius 1 is 1.00 bits per heavy atom. The van der Waals surface area contributed by atoms with Crippen LogP contribution in [0.5, 0.6) is 5.75 Å². The number of hydrogen-bond acceptors (Lipinski definition) is 5. The molecule has 6 nitrogen and oxygen atoms in total. The maximum Gasteiger partial charge on any atom is 0.455 e. The van der Waals surface area contributed by atoms with Crippen molar-refractivity contribution < 1.29 is 87.8 Å². The van der Waals surface area contributed by atoms with Crippen LogP contribution in [0.15, 0.2) is 67.5 Å². The van der Waals surface area contributed by atoms with Crippen molar-refractivity contribution in [2.24, 2.45) is 0 Å². The van der Waals surface area contributed by atoms with Crippen LogP contribution in [-0.4, -0.2) is 28.0 Å². The second-order valence-electron chi connectivity index (χ2n) is 4.99. The van der Waals surface area contributed by atoms with Crippen molar-refractivity contribution in [3.63, 3.8) is 0 Å². The third kappa shape index (κ3) is 5.43. The second kappa shape index (κ2) is 10.5. The zero-order valence-electron chi connectivity index (χ0n) is 13.7. The van der Waals surface area contributed by atoms with Gasteiger partial charge in [0.05, 0.1) is 10.3 Å². The number of hydrogen-bond donors (Lipinski definition) is 1. The van der Waals surface area contributed by atoms with Crippen molar-refractivity contribution in [2.75, 3.05) is 0 Å². The number of benzene rings is 2. The molecule has 0 aliphatic carbocycles. The fourth-order valence-electron chi connectivity index (χ4n) is 2.22. The summed E-state index contributed by atoms with van der Waals surface area (Å²) in [4.78, 5) is 24.5. The van der Waals surface area contributed by atoms with Gasteiger partial charge >= 0.3 is 11.8 Å². The molecule has 0 spiro atoms. The number of aromatic hydroxyl groups is 1. The third-order valence-corrected chi connectivity index (χ3v) is 4.37. The number of carbonyl (C=O) groups is 1. The Morgan fingerprint density at radius 3 is 2.18 bits per heavy atom. The van der Waals surface area contributed by atoms with Gasteiger partial charge in [-0.2, -0.15) is 13.2 Å². The minimum Gasteiger partial charge on any atom is -0.506 e. The van der Waals surface area contributed by atoms with Crippen LogP contribution < -0.4 is 5.63 Å². The first-order valence-corrected chi connectivity index (χ1v) is 7.74. The van der Waals surface area contributed by atoms with Crippen molar-refractivity contribution in [3.05, 3.63) is 64.5 Å². The van der Waals surface area contributed by atoms with E-state index >= 15 is 0 Å². The maximum atomic E-state index is 12.6. The molecule has 1 radical (unpaired) electrons. The van der Waals surface area contributed by atoms with Gasteiger partial charge in [-0.3, -0.25) is 4.79 Å². The summed E-state index contributed by atoms with van der Waals surface area (Å²) in [6, 6.07) is 13.3. The molecule has 0 unspecified atom stereocenters. The summed E-state index contributed by atoms with van der Waals surface area (Å²) in [6.45, 7) is 0. The number of para-hydroxylation sites is 1. The Labute approximate surface area is 200 Å². The van der Waals surface area contributed by atoms with Crippen LogP contribution in [0.25, 0.3) is 11.0 Å². The van der Waals surface area contributed by atoms with Crippen LogP contribution in [-0.2, 0) is 0 Å². The number of carbonyl (C=O) groups excluding carboxylic acids is 1. The SMILES string of the molecule is O.O.O=C(c1c(O)c2cccc(Sc3ccccc3)c2oc1=O)C(F)(F)F.[Eu]. The fraction of sp³-hybridized carbons (Fsp3) is 0.0588. The van der Waals surface area contributed by atoms with Gasteiger partial charge in [-0.05, 0) is 24.3 Å². The number of fused-ring (bicyclic) bond motifs is 1. The number of Topliss-reactive ketones (excluding diaryl/α,β-unsaturated/α-hetero) is 1. The normalized spacial score (nSPS) is 10.4. The zero-order valence-corrected chi connectivity index (χ0v) is 17.0. The third-order valence-electron chi connectivity index (χ3n) is 3.33. The van der Waals surface area contributed by atoms with E-state index in [1.54, 1.807) is 30.3 Å². The number of halogens is 3. The minimum atomic E-state index is -5.30. The maximum absolute atomic E-state index is 12.6. The topological polar surface area (TPSA) is 131 Å². The fourth-order valence-corrected chi connectivity index (χ4v) is 3.16. The summed E-state index contributed by atoms with van der Waals surface area (Å²) < 4.78 is 42.8. The minimum absolute atomic E-state index is 0. The van der Waals surface area contributed by atoms with Gasteiger partial charge in [-0.25, -0.2) is 4.79 Å². The average molecular weight is 554 g/mol. The van der Waals surface area contributed by atoms with E-state index in [-0.39, 0.29) is 71.3 Å². The van der Waals surface area contributed by atoms with E-state index in [2.05, 4.69) is 0 Å². The Kier molecular flexibility index (Phi) is 10.1. The average Bonchev–Trinajstić information content (AvgIpc) is 2.56. The molecule has 0 saturated carbocycles. The molecule has 3 rings (SSSR count). The van der Waals surface area contributed by atoms with Gasteiger partial charge in [0, 0.05) is 54.3 Å². The first-order valence-electron chi connectivity index (χ1n) is 6.92. The molecular formula is C17H13EuF3O6S. The van der Waals surface area contributed by atoms with Crippen LogP contribution in [0, 0.1) is 49.4 Å². The van der Waals surface area contributed by atoms with Crippen LogP contribution in [0.2, 0.25) is 0 Å². The van der Waals surface area contributed by atoms with Gasteiger partial charge < -0.3 is 20.5 Å². The van der Waals surface area contributed by atoms with E-state index in [9.17, 15) is 27.9 Å². The predicted octanol–water partition coefficient (Wildman–Crippen LogP) is 2.75. The monoisotopic (exact) mass is 555 g/mol. The van der Waals surface area contributed by atoms with Crippen molar-refractivity contribution in [1.82, 2.24) is 0 Å². The molecule has 151 valence electrons. The summed E-state index contributed by atoms with van der Waals surface area (Å²) in [5.74, 6) is -3.48. The Bertz CT molecular complexity index is 1020. The summed E-state index contributed by atoms with van der Waals surface area (Å²) in [5, 5.41) is 9.92. The van der Waals surface area contributed by atoms with Crippen LogP contribution >= 0.6 is 11.8 Å². The summed E-state index contributed by atoms with van der Waals surface area (Å²) in [5.41, 5.74) is -3.03. The van der Waals surface area contributed by atoms with E-state index in [0.29, 0.717) is 4.90 Å². The molecule has 0 aliphatic heterocycles. The molecule has 2 aromatic carbocycles. The zero-order chi connectivity index (χ0) is 18.2.